The van der Waals surface area contributed by atoms with Crippen LogP contribution in [0.1, 0.15) is 34.2 Å². The number of hydrogen-bond donors (Lipinski definition) is 0. The van der Waals surface area contributed by atoms with Crippen molar-refractivity contribution in [2.45, 2.75) is 41.5 Å². The molecular weight excluding hydrogens is 1300 g/mol. The van der Waals surface area contributed by atoms with E-state index in [9.17, 15) is 25.2 Å². The van der Waals surface area contributed by atoms with Crippen LogP contribution in [0.15, 0.2) is 200 Å². The van der Waals surface area contributed by atoms with Crippen LogP contribution in [0.4, 0.5) is 25.2 Å². The van der Waals surface area contributed by atoms with Crippen molar-refractivity contribution in [2.24, 2.45) is 0 Å². The van der Waals surface area contributed by atoms with Gasteiger partial charge in [-0.15, -0.1) is 69.6 Å². The van der Waals surface area contributed by atoms with Crippen molar-refractivity contribution in [3.8, 4) is 0 Å². The molecule has 0 aliphatic heterocycles. The van der Waals surface area contributed by atoms with E-state index in [1.54, 1.807) is 0 Å². The van der Waals surface area contributed by atoms with Gasteiger partial charge in [0.2, 0.25) is 0 Å². The van der Waals surface area contributed by atoms with Crippen LogP contribution >= 0.6 is 93.3 Å². The fraction of sp³-hybridized carbons (Fsp3) is 0.211. The number of aromatic nitrogens is 6. The van der Waals surface area contributed by atoms with Crippen LogP contribution in [-0.4, -0.2) is 71.5 Å². The van der Waals surface area contributed by atoms with E-state index in [1.807, 2.05) is 20.8 Å². The molecule has 3 heterocycles. The van der Waals surface area contributed by atoms with Gasteiger partial charge in [-0.2, -0.15) is 0 Å². The third-order valence-corrected chi connectivity index (χ3v) is 17.9. The molecule has 80 heavy (non-hydrogen) atoms. The van der Waals surface area contributed by atoms with E-state index < -0.39 is 30.8 Å². The third-order valence-electron chi connectivity index (χ3n) is 10.7. The van der Waals surface area contributed by atoms with Gasteiger partial charge in [0, 0.05) is 35.3 Å². The molecule has 1 radical (unpaired) electrons. The summed E-state index contributed by atoms with van der Waals surface area (Å²) < 4.78 is 65.4. The monoisotopic (exact) mass is 1370 g/mol. The Morgan fingerprint density at radius 2 is 0.487 bits per heavy atom. The van der Waals surface area contributed by atoms with Crippen LogP contribution in [0.5, 0.6) is 0 Å². The summed E-state index contributed by atoms with van der Waals surface area (Å²) in [6.07, 6.45) is 0. The van der Waals surface area contributed by atoms with E-state index in [1.165, 1.54) is 31.8 Å². The van der Waals surface area contributed by atoms with Gasteiger partial charge in [-0.1, -0.05) is 109 Å². The number of alkyl halides is 6. The number of nitrogens with zero attached hydrogens (tertiary/aromatic N) is 6. The molecule has 0 saturated heterocycles. The maximum absolute atomic E-state index is 10.7. The van der Waals surface area contributed by atoms with Crippen LogP contribution < -0.4 is 31.8 Å². The van der Waals surface area contributed by atoms with Crippen LogP contribution in [0, 0.1) is 41.5 Å². The third kappa shape index (κ3) is 28.0. The number of aryl methyl sites for hydroxylation is 6. The van der Waals surface area contributed by atoms with E-state index in [2.05, 4.69) is 235 Å². The number of rotatable bonds is 12. The molecule has 6 aromatic carbocycles. The van der Waals surface area contributed by atoms with Crippen molar-refractivity contribution in [2.75, 3.05) is 35.3 Å². The molecule has 0 fully saturated rings. The van der Waals surface area contributed by atoms with Gasteiger partial charge in [-0.3, -0.25) is 0 Å². The van der Waals surface area contributed by atoms with Crippen molar-refractivity contribution in [1.29, 1.82) is 0 Å². The summed E-state index contributed by atoms with van der Waals surface area (Å²) in [4.78, 5) is 0. The maximum atomic E-state index is 9.87. The van der Waals surface area contributed by atoms with E-state index >= 15 is 0 Å². The van der Waals surface area contributed by atoms with Gasteiger partial charge in [-0.05, 0) is 150 Å². The Labute approximate surface area is 513 Å². The van der Waals surface area contributed by atoms with E-state index in [-0.39, 0.29) is 19.5 Å². The summed E-state index contributed by atoms with van der Waals surface area (Å²) in [5.74, 6) is 3.34. The fourth-order valence-corrected chi connectivity index (χ4v) is 13.0. The molecule has 433 valence electrons. The van der Waals surface area contributed by atoms with Gasteiger partial charge in [0.05, 0.1) is 32.9 Å². The van der Waals surface area contributed by atoms with Crippen molar-refractivity contribution in [3.05, 3.63) is 234 Å². The van der Waals surface area contributed by atoms with Crippen LogP contribution in [0.2, 0.25) is 0 Å². The molecule has 0 unspecified atom stereocenters. The molecule has 0 saturated carbocycles. The van der Waals surface area contributed by atoms with Gasteiger partial charge >= 0.3 is 59.6 Å². The van der Waals surface area contributed by atoms with E-state index in [0.29, 0.717) is 35.3 Å². The average molecular weight is 1370 g/mol. The van der Waals surface area contributed by atoms with Crippen molar-refractivity contribution >= 4 is 132 Å². The summed E-state index contributed by atoms with van der Waals surface area (Å²) in [6.45, 7) is 12.3. The first-order chi connectivity index (χ1) is 37.5. The minimum absolute atomic E-state index is 0. The standard InChI is InChI=1S/2C18H15P.C15H22BN6.3C2H4Cl2.F6P.Rh/c2*1-4-10-16(11-5-1)19(17-12-6-2-7-13-17)18-14-8-3-9-15-18;1-10-7-13(4)20(17-10)16(21-14(5)8-11(2)18-21)22-15(6)9-12(3)19-22;3*3-1-2-4;1-7(2,3,4,5)6;/h2*1-15H;7-9,16H,1-6H3;3*1-2H2;;/q;;-1;;;;-1;+2/p+2. The molecule has 0 atom stereocenters. The Bertz CT molecular complexity index is 2630. The Balaban J connectivity index is 0.000000352. The van der Waals surface area contributed by atoms with Gasteiger partial charge < -0.3 is 13.8 Å². The second-order valence-electron chi connectivity index (χ2n) is 17.2. The molecular formula is C57H66BCl6F6N6P3Rh+2. The molecule has 9 rings (SSSR count). The zero-order valence-corrected chi connectivity index (χ0v) is 54.1. The zero-order valence-electron chi connectivity index (χ0n) is 45.0. The fourth-order valence-electron chi connectivity index (χ4n) is 7.89. The van der Waals surface area contributed by atoms with Gasteiger partial charge in [0.1, 0.15) is 31.8 Å². The summed E-state index contributed by atoms with van der Waals surface area (Å²) >= 11 is 30.3. The maximum Gasteiger partial charge on any atom is 2.00 e. The van der Waals surface area contributed by atoms with Crippen LogP contribution in [0.25, 0.3) is 0 Å². The van der Waals surface area contributed by atoms with Crippen molar-refractivity contribution < 1.29 is 44.7 Å². The molecule has 0 N–H and O–H groups in total. The summed E-state index contributed by atoms with van der Waals surface area (Å²) in [5, 5.41) is 22.7. The Morgan fingerprint density at radius 1 is 0.338 bits per heavy atom. The molecule has 23 heteroatoms. The topological polar surface area (TPSA) is 53.5 Å². The second kappa shape index (κ2) is 36.1. The predicted octanol–water partition coefficient (Wildman–Crippen LogP) is 15.9. The average Bonchev–Trinajstić information content (AvgIpc) is 4.09. The molecule has 3 aromatic heterocycles. The van der Waals surface area contributed by atoms with Gasteiger partial charge in [-0.25, -0.2) is 15.3 Å². The van der Waals surface area contributed by atoms with Gasteiger partial charge in [0.25, 0.3) is 0 Å². The first-order valence-corrected chi connectivity index (χ1v) is 32.9. The minimum atomic E-state index is -10.7. The van der Waals surface area contributed by atoms with E-state index in [0.717, 1.165) is 34.2 Å². The van der Waals surface area contributed by atoms with Crippen LogP contribution in [-0.2, 0) is 19.5 Å². The van der Waals surface area contributed by atoms with Gasteiger partial charge in [0.15, 0.2) is 0 Å². The smallest absolute Gasteiger partial charge is 0.0620 e. The Morgan fingerprint density at radius 3 is 0.600 bits per heavy atom. The quantitative estimate of drug-likeness (QED) is 0.0530. The predicted molar refractivity (Wildman–Crippen MR) is 339 cm³/mol. The molecule has 0 aliphatic rings. The van der Waals surface area contributed by atoms with Crippen molar-refractivity contribution in [3.63, 3.8) is 0 Å². The zero-order chi connectivity index (χ0) is 58.5. The molecule has 0 bridgehead atoms. The largest absolute Gasteiger partial charge is 2.00 e. The molecule has 0 amide bonds. The minimum Gasteiger partial charge on any atom is -0.0620 e. The second-order valence-corrected chi connectivity index (χ2v) is 26.4. The summed E-state index contributed by atoms with van der Waals surface area (Å²) in [6, 6.07) is 71.3. The number of benzene rings is 6. The first-order valence-electron chi connectivity index (χ1n) is 24.7. The molecule has 6 nitrogen and oxygen atoms in total. The Hall–Kier alpha value is -3.75. The normalized spacial score (nSPS) is 11.4. The van der Waals surface area contributed by atoms with Crippen LogP contribution in [0.3, 0.4) is 0 Å². The molecule has 0 aliphatic carbocycles. The van der Waals surface area contributed by atoms with Crippen molar-refractivity contribution in [1.82, 2.24) is 29.1 Å². The molecule has 0 spiro atoms. The number of halogens is 12. The first kappa shape index (κ1) is 72.4. The SMILES string of the molecule is Cc1cc(C)n([BH-](n2nc(C)cc2C)n2nc(C)cc2C)n1.ClCCCl.ClCCCl.ClCCCl.F[P-](F)(F)(F)(F)F.[Rh+2].c1ccc([PH+](c2ccccc2)c2ccccc2)cc1.c1ccc([PH+](c2ccccc2)c2ccccc2)cc1. The summed E-state index contributed by atoms with van der Waals surface area (Å²) in [7, 11) is -13.7. The Kier molecular flexibility index (Phi) is 32.6. The van der Waals surface area contributed by atoms with E-state index in [4.69, 9.17) is 84.9 Å². The molecule has 9 aromatic rings. The summed E-state index contributed by atoms with van der Waals surface area (Å²) in [5.41, 5.74) is 6.40. The number of hydrogen-bond acceptors (Lipinski definition) is 3.